The van der Waals surface area contributed by atoms with Gasteiger partial charge in [-0.2, -0.15) is 0 Å². The molecule has 1 aliphatic heterocycles. The Morgan fingerprint density at radius 2 is 1.90 bits per heavy atom. The molecule has 2 heterocycles. The number of ether oxygens (including phenoxy) is 1. The van der Waals surface area contributed by atoms with Crippen LogP contribution < -0.4 is 5.32 Å². The number of H-pyrrole nitrogens is 1. The van der Waals surface area contributed by atoms with Gasteiger partial charge >= 0.3 is 0 Å². The molecule has 0 atom stereocenters. The van der Waals surface area contributed by atoms with Crippen LogP contribution in [0.25, 0.3) is 10.9 Å². The molecule has 0 unspecified atom stereocenters. The van der Waals surface area contributed by atoms with E-state index in [0.717, 1.165) is 16.5 Å². The molecule has 7 nitrogen and oxygen atoms in total. The molecular weight excluding hydrogens is 370 g/mol. The molecule has 1 aliphatic rings. The van der Waals surface area contributed by atoms with Crippen LogP contribution in [0.15, 0.2) is 48.7 Å². The summed E-state index contributed by atoms with van der Waals surface area (Å²) in [5, 5.41) is 3.79. The Kier molecular flexibility index (Phi) is 5.14. The van der Waals surface area contributed by atoms with Gasteiger partial charge in [-0.3, -0.25) is 19.3 Å². The molecule has 29 heavy (non-hydrogen) atoms. The van der Waals surface area contributed by atoms with Crippen molar-refractivity contribution in [2.24, 2.45) is 0 Å². The second-order valence-electron chi connectivity index (χ2n) is 6.88. The highest BCUT2D eigenvalue weighted by Crippen LogP contribution is 2.25. The van der Waals surface area contributed by atoms with E-state index >= 15 is 0 Å². The molecule has 2 aromatic carbocycles. The van der Waals surface area contributed by atoms with Crippen LogP contribution in [-0.2, 0) is 11.2 Å². The summed E-state index contributed by atoms with van der Waals surface area (Å²) in [6.45, 7) is 1.05. The third-order valence-corrected chi connectivity index (χ3v) is 5.10. The topological polar surface area (TPSA) is 91.5 Å². The molecule has 148 valence electrons. The number of para-hydroxylation sites is 1. The van der Waals surface area contributed by atoms with Crippen molar-refractivity contribution in [1.82, 2.24) is 15.2 Å². The second kappa shape index (κ2) is 7.89. The number of nitrogens with zero attached hydrogens (tertiary/aromatic N) is 1. The molecule has 1 aromatic heterocycles. The van der Waals surface area contributed by atoms with Gasteiger partial charge in [0.2, 0.25) is 0 Å². The minimum absolute atomic E-state index is 0.272. The lowest BCUT2D eigenvalue weighted by Crippen LogP contribution is -2.31. The predicted octanol–water partition coefficient (Wildman–Crippen LogP) is 2.38. The monoisotopic (exact) mass is 391 g/mol. The fourth-order valence-corrected chi connectivity index (χ4v) is 3.57. The molecule has 0 saturated carbocycles. The van der Waals surface area contributed by atoms with Gasteiger partial charge in [-0.05, 0) is 36.2 Å². The van der Waals surface area contributed by atoms with Crippen LogP contribution in [-0.4, -0.2) is 54.4 Å². The van der Waals surface area contributed by atoms with Crippen molar-refractivity contribution in [3.8, 4) is 0 Å². The largest absolute Gasteiger partial charge is 0.383 e. The van der Waals surface area contributed by atoms with Gasteiger partial charge in [0.05, 0.1) is 17.7 Å². The van der Waals surface area contributed by atoms with E-state index in [-0.39, 0.29) is 29.8 Å². The lowest BCUT2D eigenvalue weighted by Gasteiger charge is -2.13. The van der Waals surface area contributed by atoms with Crippen molar-refractivity contribution in [2.45, 2.75) is 6.42 Å². The third-order valence-electron chi connectivity index (χ3n) is 5.10. The van der Waals surface area contributed by atoms with Gasteiger partial charge in [-0.25, -0.2) is 0 Å². The number of nitrogens with one attached hydrogen (secondary N) is 2. The van der Waals surface area contributed by atoms with E-state index in [4.69, 9.17) is 4.74 Å². The van der Waals surface area contributed by atoms with Gasteiger partial charge in [0.1, 0.15) is 0 Å². The zero-order chi connectivity index (χ0) is 20.4. The number of amides is 3. The normalized spacial score (nSPS) is 13.2. The second-order valence-corrected chi connectivity index (χ2v) is 6.88. The zero-order valence-electron chi connectivity index (χ0n) is 16.0. The highest BCUT2D eigenvalue weighted by atomic mass is 16.5. The molecule has 0 radical (unpaired) electrons. The van der Waals surface area contributed by atoms with Crippen LogP contribution >= 0.6 is 0 Å². The number of benzene rings is 2. The smallest absolute Gasteiger partial charge is 0.261 e. The van der Waals surface area contributed by atoms with E-state index in [2.05, 4.69) is 10.3 Å². The standard InChI is InChI=1S/C22H21N3O4/c1-29-11-9-23-20(26)14-6-7-17-18(12-14)22(28)25(21(17)27)10-8-15-13-24-19-5-3-2-4-16(15)19/h2-7,12-13,24H,8-11H2,1H3,(H,23,26). The van der Waals surface area contributed by atoms with Gasteiger partial charge in [0.15, 0.2) is 0 Å². The summed E-state index contributed by atoms with van der Waals surface area (Å²) < 4.78 is 4.91. The summed E-state index contributed by atoms with van der Waals surface area (Å²) in [7, 11) is 1.55. The quantitative estimate of drug-likeness (QED) is 0.478. The van der Waals surface area contributed by atoms with Crippen molar-refractivity contribution in [3.05, 3.63) is 70.9 Å². The maximum absolute atomic E-state index is 12.8. The maximum atomic E-state index is 12.8. The van der Waals surface area contributed by atoms with Crippen LogP contribution in [0.4, 0.5) is 0 Å². The minimum atomic E-state index is -0.364. The van der Waals surface area contributed by atoms with Crippen LogP contribution in [0.3, 0.4) is 0 Å². The molecule has 2 N–H and O–H groups in total. The van der Waals surface area contributed by atoms with Crippen LogP contribution in [0.1, 0.15) is 36.6 Å². The summed E-state index contributed by atoms with van der Waals surface area (Å²) in [6, 6.07) is 12.5. The summed E-state index contributed by atoms with van der Waals surface area (Å²) in [5.41, 5.74) is 3.03. The summed E-state index contributed by atoms with van der Waals surface area (Å²) in [5.74, 6) is -0.991. The fourth-order valence-electron chi connectivity index (χ4n) is 3.57. The van der Waals surface area contributed by atoms with Gasteiger partial charge in [-0.15, -0.1) is 0 Å². The first-order chi connectivity index (χ1) is 14.1. The minimum Gasteiger partial charge on any atom is -0.383 e. The molecule has 0 fully saturated rings. The Labute approximate surface area is 167 Å². The molecule has 0 bridgehead atoms. The van der Waals surface area contributed by atoms with Crippen molar-refractivity contribution < 1.29 is 19.1 Å². The lowest BCUT2D eigenvalue weighted by molar-refractivity contribution is 0.0656. The van der Waals surface area contributed by atoms with Gasteiger partial charge in [0, 0.05) is 42.9 Å². The number of fused-ring (bicyclic) bond motifs is 2. The number of imide groups is 1. The van der Waals surface area contributed by atoms with Gasteiger partial charge < -0.3 is 15.0 Å². The van der Waals surface area contributed by atoms with Crippen molar-refractivity contribution in [2.75, 3.05) is 26.8 Å². The van der Waals surface area contributed by atoms with E-state index in [1.54, 1.807) is 19.2 Å². The van der Waals surface area contributed by atoms with Gasteiger partial charge in [0.25, 0.3) is 17.7 Å². The number of hydrogen-bond donors (Lipinski definition) is 2. The molecule has 3 amide bonds. The highest BCUT2D eigenvalue weighted by Gasteiger charge is 2.35. The Morgan fingerprint density at radius 1 is 1.10 bits per heavy atom. The van der Waals surface area contributed by atoms with Crippen LogP contribution in [0, 0.1) is 0 Å². The number of carbonyl (C=O) groups is 3. The third kappa shape index (κ3) is 3.52. The number of carbonyl (C=O) groups excluding carboxylic acids is 3. The predicted molar refractivity (Wildman–Crippen MR) is 108 cm³/mol. The number of rotatable bonds is 7. The molecule has 0 saturated heterocycles. The summed E-state index contributed by atoms with van der Waals surface area (Å²) in [4.78, 5) is 42.2. The average Bonchev–Trinajstić information content (AvgIpc) is 3.26. The van der Waals surface area contributed by atoms with E-state index < -0.39 is 0 Å². The van der Waals surface area contributed by atoms with E-state index in [1.165, 1.54) is 11.0 Å². The van der Waals surface area contributed by atoms with E-state index in [0.29, 0.717) is 30.7 Å². The Hall–Kier alpha value is -3.45. The van der Waals surface area contributed by atoms with Crippen LogP contribution in [0.5, 0.6) is 0 Å². The SMILES string of the molecule is COCCNC(=O)c1ccc2c(c1)C(=O)N(CCc1c[nH]c3ccccc13)C2=O. The van der Waals surface area contributed by atoms with E-state index in [1.807, 2.05) is 30.5 Å². The van der Waals surface area contributed by atoms with Crippen molar-refractivity contribution >= 4 is 28.6 Å². The molecule has 0 aliphatic carbocycles. The molecular formula is C22H21N3O4. The lowest BCUT2D eigenvalue weighted by atomic mass is 10.1. The Balaban J connectivity index is 1.49. The number of aromatic nitrogens is 1. The molecule has 3 aromatic rings. The first-order valence-electron chi connectivity index (χ1n) is 9.42. The van der Waals surface area contributed by atoms with Crippen molar-refractivity contribution in [3.63, 3.8) is 0 Å². The molecule has 0 spiro atoms. The Morgan fingerprint density at radius 3 is 2.72 bits per heavy atom. The molecule has 7 heteroatoms. The fraction of sp³-hybridized carbons (Fsp3) is 0.227. The highest BCUT2D eigenvalue weighted by molar-refractivity contribution is 6.22. The first kappa shape index (κ1) is 18.9. The molecule has 4 rings (SSSR count). The number of aromatic amines is 1. The summed E-state index contributed by atoms with van der Waals surface area (Å²) in [6.07, 6.45) is 2.46. The maximum Gasteiger partial charge on any atom is 0.261 e. The zero-order valence-corrected chi connectivity index (χ0v) is 16.0. The number of hydrogen-bond acceptors (Lipinski definition) is 4. The average molecular weight is 391 g/mol. The van der Waals surface area contributed by atoms with Crippen molar-refractivity contribution in [1.29, 1.82) is 0 Å². The number of methoxy groups -OCH3 is 1. The first-order valence-corrected chi connectivity index (χ1v) is 9.42. The van der Waals surface area contributed by atoms with Crippen LogP contribution in [0.2, 0.25) is 0 Å². The van der Waals surface area contributed by atoms with E-state index in [9.17, 15) is 14.4 Å². The Bertz CT molecular complexity index is 1100. The van der Waals surface area contributed by atoms with Gasteiger partial charge in [-0.1, -0.05) is 18.2 Å². The summed E-state index contributed by atoms with van der Waals surface area (Å²) >= 11 is 0.